The third-order valence-electron chi connectivity index (χ3n) is 4.17. The molecular weight excluding hydrogens is 322 g/mol. The van der Waals surface area contributed by atoms with E-state index in [9.17, 15) is 0 Å². The largest absolute Gasteiger partial charge is 0.457 e. The maximum Gasteiger partial charge on any atom is 0.137 e. The molecule has 4 nitrogen and oxygen atoms in total. The summed E-state index contributed by atoms with van der Waals surface area (Å²) in [6.07, 6.45) is 2.43. The van der Waals surface area contributed by atoms with E-state index in [0.29, 0.717) is 0 Å². The lowest BCUT2D eigenvalue weighted by Gasteiger charge is -2.12. The minimum atomic E-state index is 0.760. The number of benzene rings is 3. The van der Waals surface area contributed by atoms with E-state index in [4.69, 9.17) is 4.74 Å². The molecular formula is C22H19N3O. The summed E-state index contributed by atoms with van der Waals surface area (Å²) in [6, 6.07) is 26.0. The molecule has 0 spiro atoms. The number of fused-ring (bicyclic) bond motifs is 1. The molecule has 0 saturated heterocycles. The molecule has 0 radical (unpaired) electrons. The van der Waals surface area contributed by atoms with Gasteiger partial charge in [0.25, 0.3) is 0 Å². The fraction of sp³-hybridized carbons (Fsp3) is 0.0909. The highest BCUT2D eigenvalue weighted by atomic mass is 16.5. The molecule has 0 bridgehead atoms. The van der Waals surface area contributed by atoms with E-state index in [1.54, 1.807) is 6.33 Å². The smallest absolute Gasteiger partial charge is 0.137 e. The summed E-state index contributed by atoms with van der Waals surface area (Å²) in [6.45, 7) is 0.760. The molecule has 0 saturated carbocycles. The summed E-state index contributed by atoms with van der Waals surface area (Å²) in [5.41, 5.74) is 2.10. The average Bonchev–Trinajstić information content (AvgIpc) is 2.70. The van der Waals surface area contributed by atoms with Crippen LogP contribution in [0.15, 0.2) is 85.2 Å². The van der Waals surface area contributed by atoms with Gasteiger partial charge in [-0.15, -0.1) is 0 Å². The van der Waals surface area contributed by atoms with E-state index in [2.05, 4.69) is 21.4 Å². The van der Waals surface area contributed by atoms with E-state index < -0.39 is 0 Å². The van der Waals surface area contributed by atoms with Crippen molar-refractivity contribution in [3.63, 3.8) is 0 Å². The first-order chi connectivity index (χ1) is 12.9. The Kier molecular flexibility index (Phi) is 4.74. The first kappa shape index (κ1) is 16.1. The van der Waals surface area contributed by atoms with Gasteiger partial charge in [0, 0.05) is 11.9 Å². The summed E-state index contributed by atoms with van der Waals surface area (Å²) in [5, 5.41) is 4.45. The van der Waals surface area contributed by atoms with E-state index >= 15 is 0 Å². The second kappa shape index (κ2) is 7.66. The standard InChI is InChI=1S/C22H19N3O/c1-2-9-18(10-3-1)26-21-13-7-4-8-17(21)14-15-23-22-19-11-5-6-12-20(19)24-16-25-22/h1-13,16H,14-15H2,(H,23,24,25). The summed E-state index contributed by atoms with van der Waals surface area (Å²) < 4.78 is 6.03. The van der Waals surface area contributed by atoms with Crippen LogP contribution in [0.2, 0.25) is 0 Å². The molecule has 0 atom stereocenters. The molecule has 4 aromatic rings. The van der Waals surface area contributed by atoms with Crippen molar-refractivity contribution in [3.8, 4) is 11.5 Å². The van der Waals surface area contributed by atoms with E-state index in [-0.39, 0.29) is 0 Å². The number of hydrogen-bond donors (Lipinski definition) is 1. The quantitative estimate of drug-likeness (QED) is 0.531. The van der Waals surface area contributed by atoms with Gasteiger partial charge in [-0.3, -0.25) is 0 Å². The minimum absolute atomic E-state index is 0.760. The van der Waals surface area contributed by atoms with Crippen LogP contribution < -0.4 is 10.1 Å². The van der Waals surface area contributed by atoms with E-state index in [1.807, 2.05) is 72.8 Å². The van der Waals surface area contributed by atoms with Gasteiger partial charge in [0.05, 0.1) is 5.52 Å². The zero-order valence-corrected chi connectivity index (χ0v) is 14.3. The van der Waals surface area contributed by atoms with Gasteiger partial charge in [-0.1, -0.05) is 48.5 Å². The van der Waals surface area contributed by atoms with Gasteiger partial charge in [0.1, 0.15) is 23.6 Å². The zero-order chi connectivity index (χ0) is 17.6. The van der Waals surface area contributed by atoms with Gasteiger partial charge < -0.3 is 10.1 Å². The van der Waals surface area contributed by atoms with Gasteiger partial charge in [0.15, 0.2) is 0 Å². The Morgan fingerprint density at radius 1 is 0.769 bits per heavy atom. The Bertz CT molecular complexity index is 997. The number of nitrogens with zero attached hydrogens (tertiary/aromatic N) is 2. The van der Waals surface area contributed by atoms with E-state index in [1.165, 1.54) is 0 Å². The molecule has 26 heavy (non-hydrogen) atoms. The van der Waals surface area contributed by atoms with Gasteiger partial charge in [0.2, 0.25) is 0 Å². The van der Waals surface area contributed by atoms with Crippen molar-refractivity contribution in [1.29, 1.82) is 0 Å². The first-order valence-electron chi connectivity index (χ1n) is 8.64. The number of para-hydroxylation sites is 3. The fourth-order valence-corrected chi connectivity index (χ4v) is 2.89. The third kappa shape index (κ3) is 3.64. The van der Waals surface area contributed by atoms with Gasteiger partial charge in [-0.05, 0) is 42.3 Å². The first-order valence-corrected chi connectivity index (χ1v) is 8.64. The van der Waals surface area contributed by atoms with Crippen LogP contribution in [0.5, 0.6) is 11.5 Å². The second-order valence-electron chi connectivity index (χ2n) is 5.94. The minimum Gasteiger partial charge on any atom is -0.457 e. The summed E-state index contributed by atoms with van der Waals surface area (Å²) in [5.74, 6) is 2.58. The lowest BCUT2D eigenvalue weighted by molar-refractivity contribution is 0.476. The Morgan fingerprint density at radius 2 is 1.54 bits per heavy atom. The van der Waals surface area contributed by atoms with Crippen LogP contribution in [0.1, 0.15) is 5.56 Å². The summed E-state index contributed by atoms with van der Waals surface area (Å²) in [7, 11) is 0. The van der Waals surface area contributed by atoms with Crippen LogP contribution >= 0.6 is 0 Å². The highest BCUT2D eigenvalue weighted by Crippen LogP contribution is 2.25. The Balaban J connectivity index is 1.47. The van der Waals surface area contributed by atoms with Crippen LogP contribution in [0.25, 0.3) is 10.9 Å². The molecule has 1 heterocycles. The molecule has 128 valence electrons. The molecule has 0 aliphatic rings. The molecule has 0 amide bonds. The lowest BCUT2D eigenvalue weighted by Crippen LogP contribution is -2.07. The summed E-state index contributed by atoms with van der Waals surface area (Å²) >= 11 is 0. The molecule has 3 aromatic carbocycles. The van der Waals surface area contributed by atoms with Crippen LogP contribution in [0, 0.1) is 0 Å². The van der Waals surface area contributed by atoms with Crippen LogP contribution in [-0.2, 0) is 6.42 Å². The van der Waals surface area contributed by atoms with Gasteiger partial charge >= 0.3 is 0 Å². The molecule has 1 N–H and O–H groups in total. The SMILES string of the molecule is c1ccc(Oc2ccccc2CCNc2ncnc3ccccc23)cc1. The number of rotatable bonds is 6. The van der Waals surface area contributed by atoms with Crippen molar-refractivity contribution in [1.82, 2.24) is 9.97 Å². The number of anilines is 1. The van der Waals surface area contributed by atoms with Crippen molar-refractivity contribution >= 4 is 16.7 Å². The molecule has 4 rings (SSSR count). The molecule has 0 aliphatic carbocycles. The lowest BCUT2D eigenvalue weighted by atomic mass is 10.1. The van der Waals surface area contributed by atoms with Crippen molar-refractivity contribution in [2.75, 3.05) is 11.9 Å². The van der Waals surface area contributed by atoms with Crippen LogP contribution in [0.3, 0.4) is 0 Å². The van der Waals surface area contributed by atoms with Crippen molar-refractivity contribution in [3.05, 3.63) is 90.8 Å². The summed E-state index contributed by atoms with van der Waals surface area (Å²) in [4.78, 5) is 8.67. The highest BCUT2D eigenvalue weighted by molar-refractivity contribution is 5.88. The fourth-order valence-electron chi connectivity index (χ4n) is 2.89. The predicted octanol–water partition coefficient (Wildman–Crippen LogP) is 5.08. The van der Waals surface area contributed by atoms with Crippen molar-refractivity contribution in [2.24, 2.45) is 0 Å². The van der Waals surface area contributed by atoms with Gasteiger partial charge in [-0.2, -0.15) is 0 Å². The number of nitrogens with one attached hydrogen (secondary N) is 1. The molecule has 1 aromatic heterocycles. The Labute approximate surface area is 152 Å². The zero-order valence-electron chi connectivity index (χ0n) is 14.3. The maximum absolute atomic E-state index is 6.03. The monoisotopic (exact) mass is 341 g/mol. The normalized spacial score (nSPS) is 10.6. The van der Waals surface area contributed by atoms with E-state index in [0.717, 1.165) is 46.7 Å². The molecule has 4 heteroatoms. The molecule has 0 aliphatic heterocycles. The third-order valence-corrected chi connectivity index (χ3v) is 4.17. The number of ether oxygens (including phenoxy) is 1. The van der Waals surface area contributed by atoms with Gasteiger partial charge in [-0.25, -0.2) is 9.97 Å². The number of hydrogen-bond acceptors (Lipinski definition) is 4. The Morgan fingerprint density at radius 3 is 2.46 bits per heavy atom. The van der Waals surface area contributed by atoms with Crippen molar-refractivity contribution < 1.29 is 4.74 Å². The topological polar surface area (TPSA) is 47.0 Å². The maximum atomic E-state index is 6.03. The van der Waals surface area contributed by atoms with Crippen LogP contribution in [-0.4, -0.2) is 16.5 Å². The molecule has 0 unspecified atom stereocenters. The van der Waals surface area contributed by atoms with Crippen molar-refractivity contribution in [2.45, 2.75) is 6.42 Å². The number of aromatic nitrogens is 2. The second-order valence-corrected chi connectivity index (χ2v) is 5.94. The predicted molar refractivity (Wildman–Crippen MR) is 105 cm³/mol. The van der Waals surface area contributed by atoms with Crippen LogP contribution in [0.4, 0.5) is 5.82 Å². The average molecular weight is 341 g/mol. The molecule has 0 fully saturated rings. The highest BCUT2D eigenvalue weighted by Gasteiger charge is 2.06. The Hall–Kier alpha value is -3.40.